The molecular formula is C15H11N5S2. The SMILES string of the molecule is Cc1ccc(Nc2nnc(Sc3cccc(C#N)n3)s2)cc1. The molecule has 5 nitrogen and oxygen atoms in total. The summed E-state index contributed by atoms with van der Waals surface area (Å²) >= 11 is 2.84. The van der Waals surface area contributed by atoms with Crippen molar-refractivity contribution < 1.29 is 0 Å². The Morgan fingerprint density at radius 1 is 1.14 bits per heavy atom. The van der Waals surface area contributed by atoms with E-state index in [0.717, 1.165) is 20.2 Å². The number of hydrogen-bond donors (Lipinski definition) is 1. The van der Waals surface area contributed by atoms with Crippen LogP contribution in [0.5, 0.6) is 0 Å². The van der Waals surface area contributed by atoms with Gasteiger partial charge in [-0.3, -0.25) is 0 Å². The molecule has 1 N–H and O–H groups in total. The Morgan fingerprint density at radius 3 is 2.73 bits per heavy atom. The summed E-state index contributed by atoms with van der Waals surface area (Å²) in [5.74, 6) is 0. The van der Waals surface area contributed by atoms with Crippen molar-refractivity contribution in [3.05, 3.63) is 53.7 Å². The summed E-state index contributed by atoms with van der Waals surface area (Å²) in [6.45, 7) is 2.05. The van der Waals surface area contributed by atoms with Crippen LogP contribution in [0.15, 0.2) is 51.8 Å². The van der Waals surface area contributed by atoms with E-state index in [2.05, 4.69) is 20.5 Å². The highest BCUT2D eigenvalue weighted by atomic mass is 32.2. The van der Waals surface area contributed by atoms with Crippen LogP contribution in [-0.2, 0) is 0 Å². The third kappa shape index (κ3) is 3.61. The van der Waals surface area contributed by atoms with Crippen LogP contribution in [0.25, 0.3) is 0 Å². The van der Waals surface area contributed by atoms with Gasteiger partial charge < -0.3 is 5.32 Å². The first kappa shape index (κ1) is 14.5. The maximum atomic E-state index is 8.86. The lowest BCUT2D eigenvalue weighted by atomic mass is 10.2. The molecule has 0 unspecified atom stereocenters. The quantitative estimate of drug-likeness (QED) is 0.781. The van der Waals surface area contributed by atoms with E-state index in [9.17, 15) is 0 Å². The van der Waals surface area contributed by atoms with Gasteiger partial charge in [0.05, 0.1) is 0 Å². The van der Waals surface area contributed by atoms with E-state index in [1.54, 1.807) is 12.1 Å². The van der Waals surface area contributed by atoms with Crippen molar-refractivity contribution >= 4 is 33.9 Å². The zero-order valence-corrected chi connectivity index (χ0v) is 13.3. The minimum absolute atomic E-state index is 0.396. The molecule has 0 fully saturated rings. The van der Waals surface area contributed by atoms with E-state index in [0.29, 0.717) is 5.69 Å². The van der Waals surface area contributed by atoms with Crippen molar-refractivity contribution in [1.82, 2.24) is 15.2 Å². The van der Waals surface area contributed by atoms with Gasteiger partial charge in [-0.1, -0.05) is 35.1 Å². The van der Waals surface area contributed by atoms with E-state index in [1.807, 2.05) is 43.3 Å². The molecule has 22 heavy (non-hydrogen) atoms. The van der Waals surface area contributed by atoms with Crippen molar-refractivity contribution in [2.75, 3.05) is 5.32 Å². The molecule has 1 aromatic carbocycles. The second kappa shape index (κ2) is 6.56. The number of nitrogens with one attached hydrogen (secondary N) is 1. The van der Waals surface area contributed by atoms with E-state index < -0.39 is 0 Å². The lowest BCUT2D eigenvalue weighted by Crippen LogP contribution is -1.88. The maximum Gasteiger partial charge on any atom is 0.210 e. The number of aryl methyl sites for hydroxylation is 1. The van der Waals surface area contributed by atoms with Crippen molar-refractivity contribution in [1.29, 1.82) is 5.26 Å². The van der Waals surface area contributed by atoms with Crippen LogP contribution in [0.2, 0.25) is 0 Å². The average molecular weight is 325 g/mol. The first-order valence-corrected chi connectivity index (χ1v) is 8.08. The number of aromatic nitrogens is 3. The summed E-state index contributed by atoms with van der Waals surface area (Å²) in [7, 11) is 0. The van der Waals surface area contributed by atoms with Gasteiger partial charge in [0.15, 0.2) is 4.34 Å². The van der Waals surface area contributed by atoms with Gasteiger partial charge in [-0.25, -0.2) is 4.98 Å². The predicted molar refractivity (Wildman–Crippen MR) is 87.4 cm³/mol. The Kier molecular flexibility index (Phi) is 4.32. The molecule has 3 aromatic rings. The van der Waals surface area contributed by atoms with Crippen molar-refractivity contribution in [3.63, 3.8) is 0 Å². The largest absolute Gasteiger partial charge is 0.330 e. The fourth-order valence-electron chi connectivity index (χ4n) is 1.69. The molecule has 108 valence electrons. The predicted octanol–water partition coefficient (Wildman–Crippen LogP) is 4.01. The number of rotatable bonds is 4. The molecule has 0 aliphatic carbocycles. The number of nitrogens with zero attached hydrogens (tertiary/aromatic N) is 4. The molecule has 0 aliphatic heterocycles. The average Bonchev–Trinajstić information content (AvgIpc) is 2.97. The van der Waals surface area contributed by atoms with E-state index in [4.69, 9.17) is 5.26 Å². The third-order valence-electron chi connectivity index (χ3n) is 2.74. The number of anilines is 2. The van der Waals surface area contributed by atoms with Gasteiger partial charge in [0.25, 0.3) is 0 Å². The van der Waals surface area contributed by atoms with E-state index in [-0.39, 0.29) is 0 Å². The first-order chi connectivity index (χ1) is 10.7. The number of hydrogen-bond acceptors (Lipinski definition) is 7. The van der Waals surface area contributed by atoms with Gasteiger partial charge >= 0.3 is 0 Å². The number of nitriles is 1. The monoisotopic (exact) mass is 325 g/mol. The summed E-state index contributed by atoms with van der Waals surface area (Å²) in [5, 5.41) is 21.8. The maximum absolute atomic E-state index is 8.86. The van der Waals surface area contributed by atoms with Crippen molar-refractivity contribution in [2.24, 2.45) is 0 Å². The van der Waals surface area contributed by atoms with Gasteiger partial charge in [-0.05, 0) is 43.0 Å². The van der Waals surface area contributed by atoms with Gasteiger partial charge in [0.2, 0.25) is 5.13 Å². The van der Waals surface area contributed by atoms with Crippen LogP contribution < -0.4 is 5.32 Å². The lowest BCUT2D eigenvalue weighted by Gasteiger charge is -2.01. The number of benzene rings is 1. The molecule has 0 atom stereocenters. The van der Waals surface area contributed by atoms with Gasteiger partial charge in [-0.15, -0.1) is 10.2 Å². The van der Waals surface area contributed by atoms with E-state index in [1.165, 1.54) is 28.7 Å². The van der Waals surface area contributed by atoms with Crippen LogP contribution in [-0.4, -0.2) is 15.2 Å². The van der Waals surface area contributed by atoms with Crippen LogP contribution in [0, 0.1) is 18.3 Å². The molecule has 3 rings (SSSR count). The van der Waals surface area contributed by atoms with Gasteiger partial charge in [0.1, 0.15) is 16.8 Å². The lowest BCUT2D eigenvalue weighted by molar-refractivity contribution is 1.01. The Balaban J connectivity index is 1.71. The molecule has 2 heterocycles. The summed E-state index contributed by atoms with van der Waals surface area (Å²) in [5.41, 5.74) is 2.58. The Hall–Kier alpha value is -2.43. The zero-order chi connectivity index (χ0) is 15.4. The van der Waals surface area contributed by atoms with Crippen LogP contribution in [0.1, 0.15) is 11.3 Å². The minimum atomic E-state index is 0.396. The Bertz CT molecular complexity index is 820. The van der Waals surface area contributed by atoms with Crippen LogP contribution in [0.3, 0.4) is 0 Å². The minimum Gasteiger partial charge on any atom is -0.330 e. The molecule has 2 aromatic heterocycles. The summed E-state index contributed by atoms with van der Waals surface area (Å²) in [6.07, 6.45) is 0. The fourth-order valence-corrected chi connectivity index (χ4v) is 3.39. The fraction of sp³-hybridized carbons (Fsp3) is 0.0667. The van der Waals surface area contributed by atoms with Crippen molar-refractivity contribution in [2.45, 2.75) is 16.3 Å². The van der Waals surface area contributed by atoms with Gasteiger partial charge in [0, 0.05) is 5.69 Å². The third-order valence-corrected chi connectivity index (χ3v) is 4.57. The molecule has 0 aliphatic rings. The van der Waals surface area contributed by atoms with Crippen molar-refractivity contribution in [3.8, 4) is 6.07 Å². The molecule has 0 saturated heterocycles. The summed E-state index contributed by atoms with van der Waals surface area (Å²) in [4.78, 5) is 4.21. The Morgan fingerprint density at radius 2 is 1.95 bits per heavy atom. The van der Waals surface area contributed by atoms with E-state index >= 15 is 0 Å². The first-order valence-electron chi connectivity index (χ1n) is 6.45. The normalized spacial score (nSPS) is 10.2. The van der Waals surface area contributed by atoms with Gasteiger partial charge in [-0.2, -0.15) is 5.26 Å². The highest BCUT2D eigenvalue weighted by Gasteiger charge is 2.07. The highest BCUT2D eigenvalue weighted by molar-refractivity contribution is 8.01. The standard InChI is InChI=1S/C15H11N5S2/c1-10-5-7-11(8-6-10)18-14-19-20-15(22-14)21-13-4-2-3-12(9-16)17-13/h2-8H,1H3,(H,18,19). The second-order valence-corrected chi connectivity index (χ2v) is 6.68. The highest BCUT2D eigenvalue weighted by Crippen LogP contribution is 2.31. The summed E-state index contributed by atoms with van der Waals surface area (Å²) in [6, 6.07) is 15.4. The molecule has 0 saturated carbocycles. The Labute approximate surface area is 136 Å². The second-order valence-electron chi connectivity index (χ2n) is 4.44. The molecule has 0 radical (unpaired) electrons. The molecule has 0 bridgehead atoms. The topological polar surface area (TPSA) is 74.5 Å². The zero-order valence-electron chi connectivity index (χ0n) is 11.6. The van der Waals surface area contributed by atoms with Crippen LogP contribution in [0.4, 0.5) is 10.8 Å². The van der Waals surface area contributed by atoms with Crippen LogP contribution >= 0.6 is 23.1 Å². The summed E-state index contributed by atoms with van der Waals surface area (Å²) < 4.78 is 0.775. The molecule has 7 heteroatoms. The molecule has 0 amide bonds. The number of pyridine rings is 1. The molecular weight excluding hydrogens is 314 g/mol. The smallest absolute Gasteiger partial charge is 0.210 e. The molecule has 0 spiro atoms.